The van der Waals surface area contributed by atoms with Crippen molar-refractivity contribution in [1.82, 2.24) is 0 Å². The molecule has 13 heavy (non-hydrogen) atoms. The molecular formula is C9H15ClO3. The van der Waals surface area contributed by atoms with Gasteiger partial charge < -0.3 is 9.84 Å². The van der Waals surface area contributed by atoms with Crippen molar-refractivity contribution in [3.8, 4) is 0 Å². The normalized spacial score (nSPS) is 14.0. The molecule has 0 aromatic rings. The van der Waals surface area contributed by atoms with Gasteiger partial charge in [0.15, 0.2) is 0 Å². The lowest BCUT2D eigenvalue weighted by atomic mass is 10.2. The molecule has 0 aromatic carbocycles. The van der Waals surface area contributed by atoms with Gasteiger partial charge in [-0.3, -0.25) is 4.79 Å². The maximum Gasteiger partial charge on any atom is 0.302 e. The smallest absolute Gasteiger partial charge is 0.302 e. The van der Waals surface area contributed by atoms with Gasteiger partial charge in [-0.15, -0.1) is 0 Å². The van der Waals surface area contributed by atoms with Gasteiger partial charge in [-0.25, -0.2) is 0 Å². The standard InChI is InChI=1S/C9H15ClO3/c1-7(11)4-3-5-9(10)6-13-8(2)12/h5,7,11H,3-4,6H2,1-2H3/b9-5-. The molecule has 0 radical (unpaired) electrons. The quantitative estimate of drug-likeness (QED) is 0.699. The van der Waals surface area contributed by atoms with Crippen LogP contribution >= 0.6 is 11.6 Å². The average Bonchev–Trinajstić information content (AvgIpc) is 2.00. The molecule has 0 aliphatic carbocycles. The number of rotatable bonds is 5. The van der Waals surface area contributed by atoms with E-state index >= 15 is 0 Å². The lowest BCUT2D eigenvalue weighted by molar-refractivity contribution is -0.139. The minimum absolute atomic E-state index is 0.122. The highest BCUT2D eigenvalue weighted by Crippen LogP contribution is 2.06. The van der Waals surface area contributed by atoms with E-state index in [1.165, 1.54) is 6.92 Å². The highest BCUT2D eigenvalue weighted by molar-refractivity contribution is 6.29. The van der Waals surface area contributed by atoms with Crippen LogP contribution in [0.2, 0.25) is 0 Å². The third kappa shape index (κ3) is 9.37. The molecule has 76 valence electrons. The molecular weight excluding hydrogens is 192 g/mol. The minimum atomic E-state index is -0.345. The van der Waals surface area contributed by atoms with Crippen molar-refractivity contribution in [2.24, 2.45) is 0 Å². The Kier molecular flexibility index (Phi) is 6.63. The number of aliphatic hydroxyl groups is 1. The first-order valence-corrected chi connectivity index (χ1v) is 4.56. The number of hydrogen-bond donors (Lipinski definition) is 1. The van der Waals surface area contributed by atoms with Gasteiger partial charge in [0.25, 0.3) is 0 Å². The lowest BCUT2D eigenvalue weighted by Gasteiger charge is -2.01. The Bertz CT molecular complexity index is 187. The minimum Gasteiger partial charge on any atom is -0.460 e. The number of ether oxygens (including phenoxy) is 1. The van der Waals surface area contributed by atoms with Crippen LogP contribution in [0.1, 0.15) is 26.7 Å². The molecule has 0 heterocycles. The maximum atomic E-state index is 10.4. The molecule has 1 N–H and O–H groups in total. The second kappa shape index (κ2) is 6.92. The van der Waals surface area contributed by atoms with Gasteiger partial charge in [0.1, 0.15) is 6.61 Å². The van der Waals surface area contributed by atoms with E-state index in [0.717, 1.165) is 0 Å². The Morgan fingerprint density at radius 1 is 1.69 bits per heavy atom. The molecule has 0 rings (SSSR count). The van der Waals surface area contributed by atoms with Crippen molar-refractivity contribution in [2.45, 2.75) is 32.8 Å². The van der Waals surface area contributed by atoms with E-state index in [9.17, 15) is 4.79 Å². The molecule has 1 atom stereocenters. The summed E-state index contributed by atoms with van der Waals surface area (Å²) < 4.78 is 4.66. The summed E-state index contributed by atoms with van der Waals surface area (Å²) >= 11 is 5.71. The summed E-state index contributed by atoms with van der Waals surface area (Å²) in [5.41, 5.74) is 0. The van der Waals surface area contributed by atoms with Crippen LogP contribution in [0.15, 0.2) is 11.1 Å². The van der Waals surface area contributed by atoms with Crippen LogP contribution in [0.3, 0.4) is 0 Å². The Morgan fingerprint density at radius 3 is 2.77 bits per heavy atom. The van der Waals surface area contributed by atoms with E-state index < -0.39 is 0 Å². The summed E-state index contributed by atoms with van der Waals surface area (Å²) in [5.74, 6) is -0.345. The highest BCUT2D eigenvalue weighted by atomic mass is 35.5. The van der Waals surface area contributed by atoms with E-state index in [-0.39, 0.29) is 18.7 Å². The van der Waals surface area contributed by atoms with Crippen molar-refractivity contribution >= 4 is 17.6 Å². The van der Waals surface area contributed by atoms with Crippen molar-refractivity contribution in [2.75, 3.05) is 6.61 Å². The molecule has 1 unspecified atom stereocenters. The summed E-state index contributed by atoms with van der Waals surface area (Å²) in [7, 11) is 0. The molecule has 4 heteroatoms. The van der Waals surface area contributed by atoms with Crippen LogP contribution in [0.25, 0.3) is 0 Å². The van der Waals surface area contributed by atoms with Gasteiger partial charge in [0, 0.05) is 6.92 Å². The van der Waals surface area contributed by atoms with Crippen molar-refractivity contribution < 1.29 is 14.6 Å². The van der Waals surface area contributed by atoms with Crippen LogP contribution in [-0.4, -0.2) is 23.8 Å². The number of allylic oxidation sites excluding steroid dienone is 1. The molecule has 0 amide bonds. The topological polar surface area (TPSA) is 46.5 Å². The highest BCUT2D eigenvalue weighted by Gasteiger charge is 1.97. The molecule has 0 aliphatic heterocycles. The van der Waals surface area contributed by atoms with Crippen molar-refractivity contribution in [3.63, 3.8) is 0 Å². The summed E-state index contributed by atoms with van der Waals surface area (Å²) in [4.78, 5) is 10.4. The SMILES string of the molecule is CC(=O)OC/C(Cl)=C/CCC(C)O. The monoisotopic (exact) mass is 206 g/mol. The van der Waals surface area contributed by atoms with Gasteiger partial charge in [-0.05, 0) is 19.8 Å². The Hall–Kier alpha value is -0.540. The Morgan fingerprint density at radius 2 is 2.31 bits per heavy atom. The lowest BCUT2D eigenvalue weighted by Crippen LogP contribution is -2.01. The fourth-order valence-corrected chi connectivity index (χ4v) is 0.874. The van der Waals surface area contributed by atoms with E-state index in [1.807, 2.05) is 0 Å². The van der Waals surface area contributed by atoms with E-state index in [1.54, 1.807) is 13.0 Å². The zero-order chi connectivity index (χ0) is 10.3. The van der Waals surface area contributed by atoms with Gasteiger partial charge in [0.2, 0.25) is 0 Å². The Balaban J connectivity index is 3.57. The third-order valence-corrected chi connectivity index (χ3v) is 1.63. The zero-order valence-corrected chi connectivity index (χ0v) is 8.67. The third-order valence-electron chi connectivity index (χ3n) is 1.36. The summed E-state index contributed by atoms with van der Waals surface area (Å²) in [5, 5.41) is 9.42. The number of halogens is 1. The molecule has 0 spiro atoms. The van der Waals surface area contributed by atoms with Gasteiger partial charge in [-0.1, -0.05) is 17.7 Å². The van der Waals surface area contributed by atoms with Gasteiger partial charge in [0.05, 0.1) is 11.1 Å². The number of hydrogen-bond acceptors (Lipinski definition) is 3. The number of carbonyl (C=O) groups excluding carboxylic acids is 1. The molecule has 0 saturated carbocycles. The van der Waals surface area contributed by atoms with E-state index in [0.29, 0.717) is 17.9 Å². The van der Waals surface area contributed by atoms with Gasteiger partial charge in [-0.2, -0.15) is 0 Å². The van der Waals surface area contributed by atoms with Crippen LogP contribution in [0, 0.1) is 0 Å². The molecule has 0 saturated heterocycles. The van der Waals surface area contributed by atoms with E-state index in [2.05, 4.69) is 4.74 Å². The summed E-state index contributed by atoms with van der Waals surface area (Å²) in [6.07, 6.45) is 2.78. The fourth-order valence-electron chi connectivity index (χ4n) is 0.711. The second-order valence-electron chi connectivity index (χ2n) is 2.86. The summed E-state index contributed by atoms with van der Waals surface area (Å²) in [6, 6.07) is 0. The largest absolute Gasteiger partial charge is 0.460 e. The Labute approximate surface area is 83.3 Å². The van der Waals surface area contributed by atoms with Crippen LogP contribution in [-0.2, 0) is 9.53 Å². The molecule has 0 aliphatic rings. The first-order valence-electron chi connectivity index (χ1n) is 4.18. The molecule has 0 fully saturated rings. The van der Waals surface area contributed by atoms with Crippen LogP contribution in [0.4, 0.5) is 0 Å². The zero-order valence-electron chi connectivity index (χ0n) is 7.92. The number of esters is 1. The van der Waals surface area contributed by atoms with Crippen molar-refractivity contribution in [3.05, 3.63) is 11.1 Å². The fraction of sp³-hybridized carbons (Fsp3) is 0.667. The van der Waals surface area contributed by atoms with Crippen molar-refractivity contribution in [1.29, 1.82) is 0 Å². The first-order chi connectivity index (χ1) is 6.02. The first kappa shape index (κ1) is 12.5. The van der Waals surface area contributed by atoms with Crippen LogP contribution in [0.5, 0.6) is 0 Å². The van der Waals surface area contributed by atoms with E-state index in [4.69, 9.17) is 16.7 Å². The predicted molar refractivity (Wildman–Crippen MR) is 51.5 cm³/mol. The molecule has 3 nitrogen and oxygen atoms in total. The summed E-state index contributed by atoms with van der Waals surface area (Å²) in [6.45, 7) is 3.17. The average molecular weight is 207 g/mol. The number of aliphatic hydroxyl groups excluding tert-OH is 1. The molecule has 0 aromatic heterocycles. The predicted octanol–water partition coefficient (Wildman–Crippen LogP) is 1.83. The maximum absolute atomic E-state index is 10.4. The number of carbonyl (C=O) groups is 1. The molecule has 0 bridgehead atoms. The van der Waals surface area contributed by atoms with Crippen LogP contribution < -0.4 is 0 Å². The van der Waals surface area contributed by atoms with Gasteiger partial charge >= 0.3 is 5.97 Å². The second-order valence-corrected chi connectivity index (χ2v) is 3.34.